The predicted octanol–water partition coefficient (Wildman–Crippen LogP) is 5.26. The van der Waals surface area contributed by atoms with Gasteiger partial charge >= 0.3 is 0 Å². The quantitative estimate of drug-likeness (QED) is 0.332. The van der Waals surface area contributed by atoms with E-state index in [4.69, 9.17) is 21.7 Å². The number of halogens is 1. The van der Waals surface area contributed by atoms with Gasteiger partial charge in [0.25, 0.3) is 0 Å². The lowest BCUT2D eigenvalue weighted by Gasteiger charge is -2.21. The summed E-state index contributed by atoms with van der Waals surface area (Å²) in [6.07, 6.45) is 7.34. The molecule has 1 aliphatic heterocycles. The monoisotopic (exact) mass is 525 g/mol. The highest BCUT2D eigenvalue weighted by Gasteiger charge is 2.18. The average Bonchev–Trinajstić information content (AvgIpc) is 3.47. The molecule has 4 heterocycles. The second-order valence-corrected chi connectivity index (χ2v) is 9.97. The van der Waals surface area contributed by atoms with E-state index >= 15 is 0 Å². The van der Waals surface area contributed by atoms with Gasteiger partial charge in [-0.3, -0.25) is 9.78 Å². The Morgan fingerprint density at radius 2 is 2.06 bits per heavy atom. The maximum Gasteiger partial charge on any atom is 0.226 e. The first-order valence-corrected chi connectivity index (χ1v) is 12.7. The highest BCUT2D eigenvalue weighted by atomic mass is 32.1. The smallest absolute Gasteiger partial charge is 0.226 e. The molecule has 0 atom stereocenters. The van der Waals surface area contributed by atoms with Crippen LogP contribution in [0.4, 0.5) is 10.1 Å². The lowest BCUT2D eigenvalue weighted by molar-refractivity contribution is -0.121. The Bertz CT molecular complexity index is 1410. The van der Waals surface area contributed by atoms with E-state index in [9.17, 15) is 9.18 Å². The summed E-state index contributed by atoms with van der Waals surface area (Å²) in [5, 5.41) is 5.64. The van der Waals surface area contributed by atoms with Crippen molar-refractivity contribution in [3.63, 3.8) is 0 Å². The number of carbonyl (C=O) groups is 1. The zero-order valence-corrected chi connectivity index (χ0v) is 21.1. The maximum atomic E-state index is 14.9. The van der Waals surface area contributed by atoms with Crippen molar-refractivity contribution in [2.75, 3.05) is 18.5 Å². The Hall–Kier alpha value is -3.41. The number of aryl methyl sites for hydroxylation is 1. The highest BCUT2D eigenvalue weighted by molar-refractivity contribution is 7.80. The van der Waals surface area contributed by atoms with Gasteiger partial charge in [-0.1, -0.05) is 0 Å². The van der Waals surface area contributed by atoms with Gasteiger partial charge in [0.05, 0.1) is 15.1 Å². The molecular formula is C25H24FN5O3S2. The number of nitrogens with one attached hydrogen (secondary N) is 2. The van der Waals surface area contributed by atoms with Crippen molar-refractivity contribution in [1.82, 2.24) is 19.9 Å². The number of rotatable bonds is 6. The maximum absolute atomic E-state index is 14.9. The van der Waals surface area contributed by atoms with Crippen molar-refractivity contribution in [2.24, 2.45) is 13.0 Å². The summed E-state index contributed by atoms with van der Waals surface area (Å²) in [7, 11) is 1.92. The predicted molar refractivity (Wildman–Crippen MR) is 141 cm³/mol. The number of aromatic nitrogens is 3. The third-order valence-electron chi connectivity index (χ3n) is 5.89. The Kier molecular flexibility index (Phi) is 7.21. The molecule has 8 nitrogen and oxygen atoms in total. The number of ether oxygens (including phenoxy) is 2. The van der Waals surface area contributed by atoms with Crippen molar-refractivity contribution >= 4 is 50.5 Å². The number of pyridine rings is 1. The minimum Gasteiger partial charge on any atom is -0.453 e. The number of hydrogen-bond acceptors (Lipinski definition) is 7. The first kappa shape index (κ1) is 24.3. The Labute approximate surface area is 216 Å². The zero-order valence-electron chi connectivity index (χ0n) is 19.5. The van der Waals surface area contributed by atoms with E-state index in [0.717, 1.165) is 33.8 Å². The van der Waals surface area contributed by atoms with Crippen LogP contribution < -0.4 is 15.4 Å². The molecule has 1 aliphatic rings. The molecule has 5 rings (SSSR count). The molecular weight excluding hydrogens is 501 g/mol. The summed E-state index contributed by atoms with van der Waals surface area (Å²) in [5.41, 5.74) is 1.15. The second-order valence-electron chi connectivity index (χ2n) is 8.51. The number of thiocarbonyl (C=S) groups is 1. The lowest BCUT2D eigenvalue weighted by Crippen LogP contribution is -2.35. The van der Waals surface area contributed by atoms with Gasteiger partial charge in [0, 0.05) is 63.1 Å². The molecule has 11 heteroatoms. The van der Waals surface area contributed by atoms with E-state index in [2.05, 4.69) is 20.6 Å². The van der Waals surface area contributed by atoms with Crippen LogP contribution in [-0.4, -0.2) is 38.8 Å². The number of hydrogen-bond donors (Lipinski definition) is 2. The molecule has 0 unspecified atom stereocenters. The summed E-state index contributed by atoms with van der Waals surface area (Å²) in [6, 6.07) is 8.08. The van der Waals surface area contributed by atoms with Crippen molar-refractivity contribution < 1.29 is 18.7 Å². The number of anilines is 1. The summed E-state index contributed by atoms with van der Waals surface area (Å²) < 4.78 is 28.9. The lowest BCUT2D eigenvalue weighted by atomic mass is 9.96. The van der Waals surface area contributed by atoms with Crippen molar-refractivity contribution in [3.8, 4) is 22.2 Å². The molecule has 3 aromatic heterocycles. The van der Waals surface area contributed by atoms with Gasteiger partial charge in [0.1, 0.15) is 11.6 Å². The number of carbonyl (C=O) groups excluding carboxylic acids is 1. The van der Waals surface area contributed by atoms with Gasteiger partial charge in [0.2, 0.25) is 5.91 Å². The van der Waals surface area contributed by atoms with Gasteiger partial charge in [-0.25, -0.2) is 9.37 Å². The molecule has 0 saturated carbocycles. The van der Waals surface area contributed by atoms with Crippen LogP contribution in [0.1, 0.15) is 19.3 Å². The molecule has 1 fully saturated rings. The fraction of sp³-hybridized carbons (Fsp3) is 0.280. The number of amides is 1. The highest BCUT2D eigenvalue weighted by Crippen LogP contribution is 2.39. The summed E-state index contributed by atoms with van der Waals surface area (Å²) in [6.45, 7) is 1.36. The Balaban J connectivity index is 1.25. The van der Waals surface area contributed by atoms with Crippen LogP contribution in [0, 0.1) is 11.7 Å². The SMILES string of the molecule is Cn1ccnc1-c1cc2nccc(Oc3ccc(NC(=S)NC(=O)CC4CCOCC4)cc3F)c2s1. The zero-order chi connectivity index (χ0) is 25.1. The third kappa shape index (κ3) is 5.53. The molecule has 2 N–H and O–H groups in total. The first-order chi connectivity index (χ1) is 17.5. The Morgan fingerprint density at radius 3 is 2.81 bits per heavy atom. The van der Waals surface area contributed by atoms with Gasteiger partial charge in [-0.05, 0) is 49.2 Å². The fourth-order valence-electron chi connectivity index (χ4n) is 4.04. The molecule has 0 spiro atoms. The van der Waals surface area contributed by atoms with E-state index in [0.29, 0.717) is 37.0 Å². The van der Waals surface area contributed by atoms with E-state index in [1.165, 1.54) is 23.5 Å². The van der Waals surface area contributed by atoms with Gasteiger partial charge in [-0.15, -0.1) is 11.3 Å². The normalized spacial score (nSPS) is 14.1. The Morgan fingerprint density at radius 1 is 1.22 bits per heavy atom. The molecule has 0 radical (unpaired) electrons. The average molecular weight is 526 g/mol. The molecule has 1 amide bonds. The number of imidazole rings is 1. The van der Waals surface area contributed by atoms with Crippen molar-refractivity contribution in [3.05, 3.63) is 54.7 Å². The molecule has 0 bridgehead atoms. The second kappa shape index (κ2) is 10.7. The molecule has 1 aromatic carbocycles. The van der Waals surface area contributed by atoms with Crippen molar-refractivity contribution in [1.29, 1.82) is 0 Å². The number of nitrogens with zero attached hydrogens (tertiary/aromatic N) is 3. The molecule has 1 saturated heterocycles. The van der Waals surface area contributed by atoms with Crippen LogP contribution in [0.2, 0.25) is 0 Å². The van der Waals surface area contributed by atoms with E-state index < -0.39 is 5.82 Å². The molecule has 36 heavy (non-hydrogen) atoms. The first-order valence-electron chi connectivity index (χ1n) is 11.5. The van der Waals surface area contributed by atoms with E-state index in [1.807, 2.05) is 23.9 Å². The molecule has 4 aromatic rings. The standard InChI is InChI=1S/C25H24FN5O3S2/c1-31-9-8-28-24(31)21-14-18-23(36-21)20(4-7-27-18)34-19-3-2-16(13-17(19)26)29-25(35)30-22(32)12-15-5-10-33-11-6-15/h2-4,7-9,13-15H,5-6,10-12H2,1H3,(H2,29,30,32,35). The summed E-state index contributed by atoms with van der Waals surface area (Å²) in [5.74, 6) is 0.944. The van der Waals surface area contributed by atoms with Crippen molar-refractivity contribution in [2.45, 2.75) is 19.3 Å². The third-order valence-corrected chi connectivity index (χ3v) is 7.23. The topological polar surface area (TPSA) is 90.3 Å². The van der Waals surface area contributed by atoms with Gasteiger partial charge < -0.3 is 24.7 Å². The van der Waals surface area contributed by atoms with Gasteiger partial charge in [0.15, 0.2) is 16.7 Å². The fourth-order valence-corrected chi connectivity index (χ4v) is 5.38. The van der Waals surface area contributed by atoms with Gasteiger partial charge in [-0.2, -0.15) is 0 Å². The van der Waals surface area contributed by atoms with Crippen LogP contribution in [-0.2, 0) is 16.6 Å². The van der Waals surface area contributed by atoms with Crippen LogP contribution >= 0.6 is 23.6 Å². The van der Waals surface area contributed by atoms with Crippen LogP contribution in [0.3, 0.4) is 0 Å². The molecule has 186 valence electrons. The molecule has 0 aliphatic carbocycles. The summed E-state index contributed by atoms with van der Waals surface area (Å²) in [4.78, 5) is 22.0. The van der Waals surface area contributed by atoms with E-state index in [1.54, 1.807) is 24.5 Å². The minimum atomic E-state index is -0.567. The van der Waals surface area contributed by atoms with E-state index in [-0.39, 0.29) is 16.8 Å². The number of thiophene rings is 1. The summed E-state index contributed by atoms with van der Waals surface area (Å²) >= 11 is 6.71. The minimum absolute atomic E-state index is 0.0643. The number of benzene rings is 1. The largest absolute Gasteiger partial charge is 0.453 e. The van der Waals surface area contributed by atoms with Crippen LogP contribution in [0.5, 0.6) is 11.5 Å². The van der Waals surface area contributed by atoms with Crippen LogP contribution in [0.15, 0.2) is 48.9 Å². The van der Waals surface area contributed by atoms with Crippen LogP contribution in [0.25, 0.3) is 20.9 Å². The number of fused-ring (bicyclic) bond motifs is 1.